The van der Waals surface area contributed by atoms with Gasteiger partial charge in [-0.1, -0.05) is 42.4 Å². The molecule has 1 saturated carbocycles. The number of nitrogens with zero attached hydrogens (tertiary/aromatic N) is 3. The maximum atomic E-state index is 12.7. The summed E-state index contributed by atoms with van der Waals surface area (Å²) in [4.78, 5) is 38.5. The summed E-state index contributed by atoms with van der Waals surface area (Å²) in [7, 11) is 0. The van der Waals surface area contributed by atoms with Crippen molar-refractivity contribution in [3.8, 4) is 0 Å². The molecule has 2 fully saturated rings. The van der Waals surface area contributed by atoms with Crippen molar-refractivity contribution in [1.29, 1.82) is 0 Å². The van der Waals surface area contributed by atoms with E-state index in [0.29, 0.717) is 17.1 Å². The summed E-state index contributed by atoms with van der Waals surface area (Å²) in [6, 6.07) is -0.635. The van der Waals surface area contributed by atoms with Crippen molar-refractivity contribution in [2.24, 2.45) is 5.92 Å². The minimum atomic E-state index is -1.11. The van der Waals surface area contributed by atoms with Crippen molar-refractivity contribution in [2.45, 2.75) is 54.8 Å². The molecule has 1 saturated heterocycles. The molecule has 8 nitrogen and oxygen atoms in total. The molecule has 0 bridgehead atoms. The average Bonchev–Trinajstić information content (AvgIpc) is 3.15. The Balaban J connectivity index is 1.44. The number of fused-ring (bicyclic) bond motifs is 1. The topological polar surface area (TPSA) is 112 Å². The van der Waals surface area contributed by atoms with Gasteiger partial charge in [-0.2, -0.15) is 0 Å². The zero-order valence-corrected chi connectivity index (χ0v) is 18.4. The molecule has 1 aromatic rings. The lowest BCUT2D eigenvalue weighted by molar-refractivity contribution is -0.151. The Bertz CT molecular complexity index is 865. The number of carboxylic acids is 1. The van der Waals surface area contributed by atoms with E-state index in [1.807, 2.05) is 6.92 Å². The first-order valence-electron chi connectivity index (χ1n) is 9.59. The van der Waals surface area contributed by atoms with Gasteiger partial charge in [-0.3, -0.25) is 14.5 Å². The molecular formula is C18H22N4O4S3. The van der Waals surface area contributed by atoms with E-state index < -0.39 is 12.0 Å². The molecule has 1 aromatic heterocycles. The highest BCUT2D eigenvalue weighted by Gasteiger charge is 2.54. The number of thioether (sulfide) groups is 2. The molecule has 2 aliphatic heterocycles. The minimum absolute atomic E-state index is 0.0315. The van der Waals surface area contributed by atoms with E-state index in [9.17, 15) is 19.5 Å². The van der Waals surface area contributed by atoms with Gasteiger partial charge in [0.05, 0.1) is 0 Å². The van der Waals surface area contributed by atoms with E-state index >= 15 is 0 Å². The maximum absolute atomic E-state index is 12.7. The quantitative estimate of drug-likeness (QED) is 0.497. The van der Waals surface area contributed by atoms with Gasteiger partial charge in [0.15, 0.2) is 4.34 Å². The number of hydrogen-bond donors (Lipinski definition) is 2. The number of hydrogen-bond acceptors (Lipinski definition) is 8. The molecule has 3 aliphatic rings. The van der Waals surface area contributed by atoms with Gasteiger partial charge >= 0.3 is 5.97 Å². The normalized spacial score (nSPS) is 24.9. The Morgan fingerprint density at radius 2 is 2.03 bits per heavy atom. The van der Waals surface area contributed by atoms with Crippen LogP contribution in [0.5, 0.6) is 0 Å². The second-order valence-corrected chi connectivity index (χ2v) is 10.9. The lowest BCUT2D eigenvalue weighted by Crippen LogP contribution is -2.71. The molecule has 0 unspecified atom stereocenters. The number of carboxylic acid groups (broad SMARTS) is 1. The van der Waals surface area contributed by atoms with Gasteiger partial charge < -0.3 is 10.4 Å². The monoisotopic (exact) mass is 454 g/mol. The van der Waals surface area contributed by atoms with Crippen LogP contribution in [0.2, 0.25) is 0 Å². The third-order valence-corrected chi connectivity index (χ3v) is 8.80. The van der Waals surface area contributed by atoms with Crippen LogP contribution in [0.15, 0.2) is 15.6 Å². The molecule has 0 radical (unpaired) electrons. The Morgan fingerprint density at radius 3 is 2.69 bits per heavy atom. The SMILES string of the molecule is Cc1nnc(SCC2=C(C(=O)O)N3C(=O)[C@H](NC(=O)C4CCCCC4)[C@@H]3SC2)s1. The molecule has 11 heteroatoms. The third-order valence-electron chi connectivity index (χ3n) is 5.40. The number of nitrogens with one attached hydrogen (secondary N) is 1. The largest absolute Gasteiger partial charge is 0.477 e. The van der Waals surface area contributed by atoms with Crippen molar-refractivity contribution >= 4 is 52.6 Å². The smallest absolute Gasteiger partial charge is 0.352 e. The molecule has 1 aliphatic carbocycles. The summed E-state index contributed by atoms with van der Waals surface area (Å²) in [6.07, 6.45) is 4.97. The van der Waals surface area contributed by atoms with Gasteiger partial charge in [0.25, 0.3) is 5.91 Å². The van der Waals surface area contributed by atoms with E-state index in [2.05, 4.69) is 15.5 Å². The molecule has 4 rings (SSSR count). The molecule has 0 spiro atoms. The summed E-state index contributed by atoms with van der Waals surface area (Å²) < 4.78 is 0.777. The fourth-order valence-electron chi connectivity index (χ4n) is 3.92. The van der Waals surface area contributed by atoms with Crippen LogP contribution >= 0.6 is 34.9 Å². The van der Waals surface area contributed by atoms with Crippen molar-refractivity contribution in [1.82, 2.24) is 20.4 Å². The summed E-state index contributed by atoms with van der Waals surface area (Å²) in [5.41, 5.74) is 0.748. The predicted molar refractivity (Wildman–Crippen MR) is 112 cm³/mol. The number of carbonyl (C=O) groups is 3. The molecule has 2 N–H and O–H groups in total. The zero-order valence-electron chi connectivity index (χ0n) is 15.9. The Morgan fingerprint density at radius 1 is 1.28 bits per heavy atom. The summed E-state index contributed by atoms with van der Waals surface area (Å²) in [5.74, 6) is -0.592. The molecular weight excluding hydrogens is 432 g/mol. The van der Waals surface area contributed by atoms with Crippen LogP contribution < -0.4 is 5.32 Å². The fourth-order valence-corrected chi connectivity index (χ4v) is 7.22. The first kappa shape index (κ1) is 20.7. The number of carbonyl (C=O) groups excluding carboxylic acids is 2. The van der Waals surface area contributed by atoms with E-state index in [1.165, 1.54) is 39.8 Å². The highest BCUT2D eigenvalue weighted by atomic mass is 32.2. The molecule has 0 aromatic carbocycles. The molecule has 2 amide bonds. The van der Waals surface area contributed by atoms with E-state index in [-0.39, 0.29) is 28.8 Å². The standard InChI is InChI=1S/C18H22N4O4S3/c1-9-20-21-18(29-9)28-8-11-7-27-16-12(15(24)22(16)13(11)17(25)26)19-14(23)10-5-3-2-4-6-10/h10,12,16H,2-8H2,1H3,(H,19,23)(H,25,26)/t12-,16-/m0/s1. The van der Waals surface area contributed by atoms with Crippen LogP contribution in [-0.2, 0) is 14.4 Å². The van der Waals surface area contributed by atoms with Gasteiger partial charge in [-0.15, -0.1) is 22.0 Å². The minimum Gasteiger partial charge on any atom is -0.477 e. The van der Waals surface area contributed by atoms with Crippen molar-refractivity contribution in [2.75, 3.05) is 11.5 Å². The van der Waals surface area contributed by atoms with Crippen LogP contribution in [-0.4, -0.2) is 60.9 Å². The summed E-state index contributed by atoms with van der Waals surface area (Å²) in [5, 5.41) is 21.1. The number of aromatic nitrogens is 2. The first-order valence-corrected chi connectivity index (χ1v) is 12.4. The van der Waals surface area contributed by atoms with Crippen LogP contribution in [0.3, 0.4) is 0 Å². The van der Waals surface area contributed by atoms with Gasteiger partial charge in [0, 0.05) is 17.4 Å². The number of aliphatic carboxylic acids is 1. The van der Waals surface area contributed by atoms with Crippen LogP contribution in [0, 0.1) is 12.8 Å². The molecule has 29 heavy (non-hydrogen) atoms. The van der Waals surface area contributed by atoms with E-state index in [1.54, 1.807) is 0 Å². The number of β-lactam (4-membered cyclic amide) rings is 1. The zero-order chi connectivity index (χ0) is 20.5. The van der Waals surface area contributed by atoms with Crippen molar-refractivity contribution < 1.29 is 19.5 Å². The van der Waals surface area contributed by atoms with Gasteiger partial charge in [0.1, 0.15) is 22.1 Å². The maximum Gasteiger partial charge on any atom is 0.352 e. The van der Waals surface area contributed by atoms with Gasteiger partial charge in [-0.05, 0) is 25.3 Å². The van der Waals surface area contributed by atoms with Gasteiger partial charge in [0.2, 0.25) is 5.91 Å². The van der Waals surface area contributed by atoms with Crippen molar-refractivity contribution in [3.05, 3.63) is 16.3 Å². The van der Waals surface area contributed by atoms with E-state index in [0.717, 1.165) is 41.5 Å². The number of rotatable bonds is 6. The number of aryl methyl sites for hydroxylation is 1. The van der Waals surface area contributed by atoms with Gasteiger partial charge in [-0.25, -0.2) is 4.79 Å². The highest BCUT2D eigenvalue weighted by molar-refractivity contribution is 8.01. The summed E-state index contributed by atoms with van der Waals surface area (Å²) >= 11 is 4.40. The Labute approximate surface area is 180 Å². The van der Waals surface area contributed by atoms with E-state index in [4.69, 9.17) is 0 Å². The molecule has 3 heterocycles. The average molecular weight is 455 g/mol. The number of amides is 2. The highest BCUT2D eigenvalue weighted by Crippen LogP contribution is 2.42. The Hall–Kier alpha value is -1.59. The fraction of sp³-hybridized carbons (Fsp3) is 0.611. The lowest BCUT2D eigenvalue weighted by atomic mass is 9.88. The van der Waals surface area contributed by atoms with Crippen LogP contribution in [0.4, 0.5) is 0 Å². The second-order valence-electron chi connectivity index (χ2n) is 7.36. The summed E-state index contributed by atoms with van der Waals surface area (Å²) in [6.45, 7) is 1.87. The van der Waals surface area contributed by atoms with Crippen LogP contribution in [0.1, 0.15) is 37.1 Å². The third kappa shape index (κ3) is 4.17. The van der Waals surface area contributed by atoms with Crippen molar-refractivity contribution in [3.63, 3.8) is 0 Å². The van der Waals surface area contributed by atoms with Crippen LogP contribution in [0.25, 0.3) is 0 Å². The Kier molecular flexibility index (Phi) is 6.16. The first-order chi connectivity index (χ1) is 14.0. The second kappa shape index (κ2) is 8.65. The molecule has 2 atom stereocenters. The molecule has 156 valence electrons. The lowest BCUT2D eigenvalue weighted by Gasteiger charge is -2.49. The predicted octanol–water partition coefficient (Wildman–Crippen LogP) is 2.26.